The molecule has 0 aromatic carbocycles. The van der Waals surface area contributed by atoms with Crippen molar-refractivity contribution in [3.63, 3.8) is 0 Å². The van der Waals surface area contributed by atoms with Gasteiger partial charge in [-0.1, -0.05) is 27.7 Å². The van der Waals surface area contributed by atoms with Crippen LogP contribution in [0.5, 0.6) is 0 Å². The summed E-state index contributed by atoms with van der Waals surface area (Å²) in [5.41, 5.74) is -8.91. The fourth-order valence-corrected chi connectivity index (χ4v) is 17.6. The Hall–Kier alpha value is -1.96. The second-order valence-corrected chi connectivity index (χ2v) is 20.8. The highest BCUT2D eigenvalue weighted by Crippen LogP contribution is 2.85. The van der Waals surface area contributed by atoms with E-state index >= 15 is 9.59 Å². The maximum Gasteiger partial charge on any atom is 0.320 e. The lowest BCUT2D eigenvalue weighted by atomic mass is 9.40. The van der Waals surface area contributed by atoms with Crippen LogP contribution in [0.1, 0.15) is 91.9 Å². The summed E-state index contributed by atoms with van der Waals surface area (Å²) < 4.78 is 24.6. The van der Waals surface area contributed by atoms with Crippen molar-refractivity contribution in [1.29, 1.82) is 0 Å². The van der Waals surface area contributed by atoms with Gasteiger partial charge < -0.3 is 39.4 Å². The van der Waals surface area contributed by atoms with Crippen LogP contribution in [0.25, 0.3) is 0 Å². The van der Waals surface area contributed by atoms with Crippen molar-refractivity contribution < 1.29 is 58.6 Å². The zero-order valence-electron chi connectivity index (χ0n) is 30.5. The second-order valence-electron chi connectivity index (χ2n) is 20.8. The van der Waals surface area contributed by atoms with Crippen LogP contribution in [-0.4, -0.2) is 94.1 Å². The molecule has 7 saturated carbocycles. The Morgan fingerprint density at radius 2 is 0.942 bits per heavy atom. The van der Waals surface area contributed by atoms with Crippen LogP contribution >= 0.6 is 0 Å². The van der Waals surface area contributed by atoms with Gasteiger partial charge in [0.2, 0.25) is 0 Å². The molecule has 4 N–H and O–H groups in total. The number of fused-ring (bicyclic) bond motifs is 5. The molecule has 0 amide bonds. The molecule has 4 saturated heterocycles. The number of hydrogen-bond donors (Lipinski definition) is 4. The van der Waals surface area contributed by atoms with E-state index in [2.05, 4.69) is 27.7 Å². The molecule has 6 spiro atoms. The molecule has 12 nitrogen and oxygen atoms in total. The van der Waals surface area contributed by atoms with E-state index in [1.807, 2.05) is 0 Å². The molecule has 12 heteroatoms. The number of aliphatic hydroxyl groups excluding tert-OH is 4. The molecule has 52 heavy (non-hydrogen) atoms. The number of esters is 2. The van der Waals surface area contributed by atoms with Gasteiger partial charge in [0.05, 0.1) is 25.4 Å². The summed E-state index contributed by atoms with van der Waals surface area (Å²) in [5.74, 6) is -5.72. The Morgan fingerprint density at radius 3 is 1.31 bits per heavy atom. The van der Waals surface area contributed by atoms with E-state index in [1.165, 1.54) is 0 Å². The Balaban J connectivity index is 1.06. The summed E-state index contributed by atoms with van der Waals surface area (Å²) in [6, 6.07) is 0. The average Bonchev–Trinajstić information content (AvgIpc) is 3.72. The molecule has 0 radical (unpaired) electrons. The highest BCUT2D eigenvalue weighted by atomic mass is 16.6. The quantitative estimate of drug-likeness (QED) is 0.211. The Morgan fingerprint density at radius 1 is 0.558 bits per heavy atom. The summed E-state index contributed by atoms with van der Waals surface area (Å²) in [6.45, 7) is 8.35. The number of hydrogen-bond acceptors (Lipinski definition) is 12. The van der Waals surface area contributed by atoms with Crippen LogP contribution in [-0.2, 0) is 38.1 Å². The minimum atomic E-state index is -1.73. The molecule has 18 atom stereocenters. The second kappa shape index (κ2) is 9.35. The van der Waals surface area contributed by atoms with Crippen molar-refractivity contribution >= 4 is 23.5 Å². The van der Waals surface area contributed by atoms with Crippen LogP contribution in [0.15, 0.2) is 0 Å². The number of carbonyl (C=O) groups excluding carboxylic acids is 4. The third-order valence-corrected chi connectivity index (χ3v) is 18.9. The Labute approximate surface area is 302 Å². The van der Waals surface area contributed by atoms with Gasteiger partial charge in [0.15, 0.2) is 24.1 Å². The summed E-state index contributed by atoms with van der Waals surface area (Å²) in [5, 5.41) is 47.3. The molecule has 4 aliphatic heterocycles. The number of carbonyl (C=O) groups is 4. The van der Waals surface area contributed by atoms with Crippen LogP contribution in [0, 0.1) is 78.8 Å². The number of ether oxygens (including phenoxy) is 4. The van der Waals surface area contributed by atoms with Gasteiger partial charge >= 0.3 is 11.9 Å². The first-order valence-corrected chi connectivity index (χ1v) is 19.9. The zero-order chi connectivity index (χ0) is 36.6. The normalized spacial score (nSPS) is 61.2. The topological polar surface area (TPSA) is 186 Å². The average molecular weight is 725 g/mol. The van der Waals surface area contributed by atoms with Crippen LogP contribution < -0.4 is 0 Å². The summed E-state index contributed by atoms with van der Waals surface area (Å²) in [7, 11) is 0. The highest BCUT2D eigenvalue weighted by Gasteiger charge is 2.92. The monoisotopic (exact) mass is 724 g/mol. The molecule has 11 aliphatic rings. The molecular formula is C40H52O12. The van der Waals surface area contributed by atoms with E-state index in [9.17, 15) is 30.0 Å². The standard InChI is InChI=1S/C40H52O12/c1-33(2)7-5-21-37(15-49-27(43)25(33)37)23-19(41)11-17-13-35(23,31(47)51-21)29(45)39(17)9-10-40(39)18-12-20(42)24-36(14-18,30(40)46)32(48)52-22-6-8-34(3,4)26-28(44)50-16-38(22,24)26/h17-28,41-44H,5-16H2,1-4H3. The number of rotatable bonds is 0. The molecule has 7 aliphatic carbocycles. The molecule has 4 bridgehead atoms. The van der Waals surface area contributed by atoms with Crippen molar-refractivity contribution in [1.82, 2.24) is 0 Å². The lowest BCUT2D eigenvalue weighted by molar-refractivity contribution is -0.252. The highest BCUT2D eigenvalue weighted by molar-refractivity contribution is 6.17. The van der Waals surface area contributed by atoms with Crippen LogP contribution in [0.3, 0.4) is 0 Å². The van der Waals surface area contributed by atoms with Gasteiger partial charge in [-0.15, -0.1) is 0 Å². The molecule has 284 valence electrons. The maximum absolute atomic E-state index is 15.9. The first kappa shape index (κ1) is 33.4. The van der Waals surface area contributed by atoms with E-state index in [0.29, 0.717) is 38.5 Å². The Bertz CT molecular complexity index is 1620. The van der Waals surface area contributed by atoms with Gasteiger partial charge in [-0.3, -0.25) is 19.2 Å². The molecule has 0 aromatic rings. The van der Waals surface area contributed by atoms with Gasteiger partial charge in [0, 0.05) is 45.3 Å². The summed E-state index contributed by atoms with van der Waals surface area (Å²) in [4.78, 5) is 60.9. The van der Waals surface area contributed by atoms with Gasteiger partial charge in [-0.05, 0) is 86.9 Å². The molecule has 11 rings (SSSR count). The number of Topliss-reactive ketones (excluding diaryl/α,β-unsaturated/α-hetero) is 2. The van der Waals surface area contributed by atoms with E-state index < -0.39 is 128 Å². The molecule has 0 aromatic heterocycles. The number of aliphatic hydroxyl groups is 4. The third kappa shape index (κ3) is 3.01. The SMILES string of the molecule is CC1(C)CCC2OC(=O)C34CC(CC(O)C3C23COC(O)C13)C1(CCC12C(=O)C13CC2CC(O)C1C12COC(O)C1C(C)(C)CCC2OC3=O)C4=O. The summed E-state index contributed by atoms with van der Waals surface area (Å²) in [6.07, 6.45) is -1.90. The van der Waals surface area contributed by atoms with Gasteiger partial charge in [-0.25, -0.2) is 0 Å². The minimum absolute atomic E-state index is 0.0544. The van der Waals surface area contributed by atoms with E-state index in [0.717, 1.165) is 0 Å². The minimum Gasteiger partial charge on any atom is -0.461 e. The number of ketones is 2. The lowest BCUT2D eigenvalue weighted by Crippen LogP contribution is -2.72. The molecule has 4 heterocycles. The zero-order valence-corrected chi connectivity index (χ0v) is 30.5. The van der Waals surface area contributed by atoms with Gasteiger partial charge in [-0.2, -0.15) is 0 Å². The predicted molar refractivity (Wildman–Crippen MR) is 175 cm³/mol. The predicted octanol–water partition coefficient (Wildman–Crippen LogP) is 2.06. The first-order chi connectivity index (χ1) is 24.4. The molecular weight excluding hydrogens is 672 g/mol. The van der Waals surface area contributed by atoms with Crippen molar-refractivity contribution in [3.8, 4) is 0 Å². The van der Waals surface area contributed by atoms with E-state index in [4.69, 9.17) is 18.9 Å². The molecule has 18 unspecified atom stereocenters. The van der Waals surface area contributed by atoms with Crippen molar-refractivity contribution in [2.24, 2.45) is 78.8 Å². The maximum atomic E-state index is 15.9. The van der Waals surface area contributed by atoms with Crippen LogP contribution in [0.4, 0.5) is 0 Å². The molecule has 11 fully saturated rings. The van der Waals surface area contributed by atoms with Crippen molar-refractivity contribution in [2.75, 3.05) is 13.2 Å². The van der Waals surface area contributed by atoms with E-state index in [1.54, 1.807) is 0 Å². The summed E-state index contributed by atoms with van der Waals surface area (Å²) >= 11 is 0. The van der Waals surface area contributed by atoms with Gasteiger partial charge in [0.25, 0.3) is 0 Å². The first-order valence-electron chi connectivity index (χ1n) is 19.9. The fourth-order valence-electron chi connectivity index (χ4n) is 17.6. The Kier molecular flexibility index (Phi) is 6.00. The van der Waals surface area contributed by atoms with Crippen molar-refractivity contribution in [3.05, 3.63) is 0 Å². The lowest BCUT2D eigenvalue weighted by Gasteiger charge is -2.62. The van der Waals surface area contributed by atoms with Crippen LogP contribution in [0.2, 0.25) is 0 Å². The van der Waals surface area contributed by atoms with Gasteiger partial charge in [0.1, 0.15) is 23.0 Å². The van der Waals surface area contributed by atoms with Crippen molar-refractivity contribution in [2.45, 2.75) is 129 Å². The smallest absolute Gasteiger partial charge is 0.320 e. The third-order valence-electron chi connectivity index (χ3n) is 18.9. The van der Waals surface area contributed by atoms with E-state index in [-0.39, 0.29) is 50.5 Å². The fraction of sp³-hybridized carbons (Fsp3) is 0.900. The largest absolute Gasteiger partial charge is 0.461 e.